The van der Waals surface area contributed by atoms with E-state index in [1.54, 1.807) is 0 Å². The minimum atomic E-state index is -0.246. The lowest BCUT2D eigenvalue weighted by Gasteiger charge is -2.29. The highest BCUT2D eigenvalue weighted by Gasteiger charge is 2.21. The van der Waals surface area contributed by atoms with Gasteiger partial charge < -0.3 is 14.2 Å². The average Bonchev–Trinajstić information content (AvgIpc) is 2.86. The summed E-state index contributed by atoms with van der Waals surface area (Å²) in [7, 11) is 0. The third-order valence-electron chi connectivity index (χ3n) is 6.64. The summed E-state index contributed by atoms with van der Waals surface area (Å²) in [6, 6.07) is 13.3. The highest BCUT2D eigenvalue weighted by atomic mass is 19.1. The maximum atomic E-state index is 14.7. The number of rotatable bonds is 15. The predicted octanol–water partition coefficient (Wildman–Crippen LogP) is 8.34. The Kier molecular flexibility index (Phi) is 11.9. The minimum absolute atomic E-state index is 0.113. The number of aryl methyl sites for hydroxylation is 1. The smallest absolute Gasteiger partial charge is 0.157 e. The SMILES string of the molecule is CCCCCCCC1COC(CCc2ccc(-c3ccc(OCCCCC)cc3F)cc2)OC1. The van der Waals surface area contributed by atoms with Gasteiger partial charge in [-0.25, -0.2) is 4.39 Å². The van der Waals surface area contributed by atoms with Crippen molar-refractivity contribution in [1.82, 2.24) is 0 Å². The molecule has 3 nitrogen and oxygen atoms in total. The van der Waals surface area contributed by atoms with Crippen LogP contribution in [0.1, 0.15) is 83.6 Å². The number of halogens is 1. The second-order valence-corrected chi connectivity index (χ2v) is 9.60. The van der Waals surface area contributed by atoms with Gasteiger partial charge in [0.1, 0.15) is 11.6 Å². The first-order valence-electron chi connectivity index (χ1n) is 13.4. The van der Waals surface area contributed by atoms with Crippen molar-refractivity contribution in [1.29, 1.82) is 0 Å². The lowest BCUT2D eigenvalue weighted by atomic mass is 10.0. The van der Waals surface area contributed by atoms with Gasteiger partial charge in [-0.3, -0.25) is 0 Å². The van der Waals surface area contributed by atoms with Crippen LogP contribution in [0, 0.1) is 11.7 Å². The largest absolute Gasteiger partial charge is 0.493 e. The molecule has 1 aliphatic heterocycles. The molecule has 188 valence electrons. The van der Waals surface area contributed by atoms with Gasteiger partial charge in [-0.05, 0) is 42.5 Å². The Morgan fingerprint density at radius 3 is 2.24 bits per heavy atom. The topological polar surface area (TPSA) is 27.7 Å². The first-order chi connectivity index (χ1) is 16.7. The molecule has 34 heavy (non-hydrogen) atoms. The molecule has 0 saturated carbocycles. The van der Waals surface area contributed by atoms with E-state index < -0.39 is 0 Å². The fourth-order valence-corrected chi connectivity index (χ4v) is 4.45. The van der Waals surface area contributed by atoms with Crippen molar-refractivity contribution in [3.05, 3.63) is 53.8 Å². The number of hydrogen-bond donors (Lipinski definition) is 0. The van der Waals surface area contributed by atoms with Gasteiger partial charge in [0.15, 0.2) is 6.29 Å². The average molecular weight is 471 g/mol. The molecule has 4 heteroatoms. The minimum Gasteiger partial charge on any atom is -0.493 e. The summed E-state index contributed by atoms with van der Waals surface area (Å²) in [5.41, 5.74) is 2.70. The third-order valence-corrected chi connectivity index (χ3v) is 6.64. The monoisotopic (exact) mass is 470 g/mol. The summed E-state index contributed by atoms with van der Waals surface area (Å²) >= 11 is 0. The van der Waals surface area contributed by atoms with Crippen molar-refractivity contribution in [2.24, 2.45) is 5.92 Å². The highest BCUT2D eigenvalue weighted by Crippen LogP contribution is 2.27. The van der Waals surface area contributed by atoms with E-state index in [0.717, 1.165) is 50.9 Å². The number of hydrogen-bond acceptors (Lipinski definition) is 3. The Labute approximate surface area is 206 Å². The van der Waals surface area contributed by atoms with Crippen LogP contribution in [0.25, 0.3) is 11.1 Å². The molecule has 0 atom stereocenters. The second kappa shape index (κ2) is 15.2. The molecule has 0 aliphatic carbocycles. The third kappa shape index (κ3) is 9.03. The van der Waals surface area contributed by atoms with Crippen LogP contribution in [0.4, 0.5) is 4.39 Å². The summed E-state index contributed by atoms with van der Waals surface area (Å²) in [4.78, 5) is 0. The lowest BCUT2D eigenvalue weighted by Crippen LogP contribution is -2.32. The quantitative estimate of drug-likeness (QED) is 0.245. The van der Waals surface area contributed by atoms with Gasteiger partial charge in [-0.1, -0.05) is 83.1 Å². The zero-order valence-electron chi connectivity index (χ0n) is 21.2. The van der Waals surface area contributed by atoms with Gasteiger partial charge in [-0.15, -0.1) is 0 Å². The predicted molar refractivity (Wildman–Crippen MR) is 138 cm³/mol. The van der Waals surface area contributed by atoms with Crippen LogP contribution in [-0.2, 0) is 15.9 Å². The fraction of sp³-hybridized carbons (Fsp3) is 0.600. The van der Waals surface area contributed by atoms with Crippen molar-refractivity contribution in [2.75, 3.05) is 19.8 Å². The molecule has 0 amide bonds. The Morgan fingerprint density at radius 1 is 0.824 bits per heavy atom. The van der Waals surface area contributed by atoms with Crippen molar-refractivity contribution in [3.63, 3.8) is 0 Å². The molecule has 3 rings (SSSR count). The number of benzene rings is 2. The Balaban J connectivity index is 1.39. The molecular formula is C30H43FO3. The zero-order valence-corrected chi connectivity index (χ0v) is 21.2. The van der Waals surface area contributed by atoms with Crippen LogP contribution >= 0.6 is 0 Å². The van der Waals surface area contributed by atoms with Gasteiger partial charge in [0.05, 0.1) is 19.8 Å². The van der Waals surface area contributed by atoms with E-state index in [-0.39, 0.29) is 12.1 Å². The standard InChI is InChI=1S/C30H43FO3/c1-3-5-7-8-9-11-25-22-33-30(34-23-25)19-14-24-12-15-26(16-13-24)28-18-17-27(21-29(28)31)32-20-10-6-4-2/h12-13,15-18,21,25,30H,3-11,14,19-20,22-23H2,1-2H3. The van der Waals surface area contributed by atoms with E-state index >= 15 is 0 Å². The van der Waals surface area contributed by atoms with Gasteiger partial charge in [0, 0.05) is 24.0 Å². The van der Waals surface area contributed by atoms with Crippen molar-refractivity contribution in [2.45, 2.75) is 90.8 Å². The molecule has 1 aliphatic rings. The molecule has 0 unspecified atom stereocenters. The van der Waals surface area contributed by atoms with E-state index in [9.17, 15) is 4.39 Å². The van der Waals surface area contributed by atoms with Crippen LogP contribution < -0.4 is 4.74 Å². The Bertz CT molecular complexity index is 812. The summed E-state index contributed by atoms with van der Waals surface area (Å²) in [6.45, 7) is 6.67. The second-order valence-electron chi connectivity index (χ2n) is 9.60. The molecule has 0 bridgehead atoms. The molecule has 0 radical (unpaired) electrons. The Morgan fingerprint density at radius 2 is 1.53 bits per heavy atom. The molecule has 2 aromatic carbocycles. The maximum absolute atomic E-state index is 14.7. The van der Waals surface area contributed by atoms with Gasteiger partial charge >= 0.3 is 0 Å². The van der Waals surface area contributed by atoms with Crippen LogP contribution in [0.15, 0.2) is 42.5 Å². The first-order valence-corrected chi connectivity index (χ1v) is 13.4. The first kappa shape index (κ1) is 26.7. The molecule has 1 fully saturated rings. The molecule has 1 saturated heterocycles. The zero-order chi connectivity index (χ0) is 24.0. The molecular weight excluding hydrogens is 427 g/mol. The molecule has 0 aromatic heterocycles. The summed E-state index contributed by atoms with van der Waals surface area (Å²) in [5, 5.41) is 0. The van der Waals surface area contributed by atoms with E-state index in [4.69, 9.17) is 14.2 Å². The maximum Gasteiger partial charge on any atom is 0.157 e. The molecule has 1 heterocycles. The Hall–Kier alpha value is -1.91. The normalized spacial score (nSPS) is 18.2. The van der Waals surface area contributed by atoms with E-state index in [1.165, 1.54) is 50.2 Å². The van der Waals surface area contributed by atoms with E-state index in [0.29, 0.717) is 23.8 Å². The van der Waals surface area contributed by atoms with Crippen molar-refractivity contribution in [3.8, 4) is 16.9 Å². The van der Waals surface area contributed by atoms with Crippen molar-refractivity contribution < 1.29 is 18.6 Å². The summed E-state index contributed by atoms with van der Waals surface area (Å²) in [5.74, 6) is 0.894. The summed E-state index contributed by atoms with van der Waals surface area (Å²) < 4.78 is 32.3. The van der Waals surface area contributed by atoms with Crippen LogP contribution in [0.5, 0.6) is 5.75 Å². The van der Waals surface area contributed by atoms with Crippen LogP contribution in [0.3, 0.4) is 0 Å². The highest BCUT2D eigenvalue weighted by molar-refractivity contribution is 5.65. The van der Waals surface area contributed by atoms with Gasteiger partial charge in [0.2, 0.25) is 0 Å². The number of ether oxygens (including phenoxy) is 3. The molecule has 0 N–H and O–H groups in total. The van der Waals surface area contributed by atoms with Crippen LogP contribution in [-0.4, -0.2) is 26.1 Å². The van der Waals surface area contributed by atoms with E-state index in [1.807, 2.05) is 24.3 Å². The van der Waals surface area contributed by atoms with E-state index in [2.05, 4.69) is 26.0 Å². The lowest BCUT2D eigenvalue weighted by molar-refractivity contribution is -0.203. The summed E-state index contributed by atoms with van der Waals surface area (Å²) in [6.07, 6.45) is 12.7. The fourth-order valence-electron chi connectivity index (χ4n) is 4.45. The van der Waals surface area contributed by atoms with Crippen LogP contribution in [0.2, 0.25) is 0 Å². The van der Waals surface area contributed by atoms with Gasteiger partial charge in [0.25, 0.3) is 0 Å². The van der Waals surface area contributed by atoms with Crippen molar-refractivity contribution >= 4 is 0 Å². The number of unbranched alkanes of at least 4 members (excludes halogenated alkanes) is 6. The molecule has 2 aromatic rings. The van der Waals surface area contributed by atoms with Gasteiger partial charge in [-0.2, -0.15) is 0 Å². The molecule has 0 spiro atoms.